The monoisotopic (exact) mass is 626 g/mol. The van der Waals surface area contributed by atoms with Crippen LogP contribution in [0.3, 0.4) is 0 Å². The molecule has 2 rings (SSSR count). The summed E-state index contributed by atoms with van der Waals surface area (Å²) >= 11 is 0. The largest absolute Gasteiger partial charge is 0.394 e. The van der Waals surface area contributed by atoms with Gasteiger partial charge < -0.3 is 0 Å². The highest BCUT2D eigenvalue weighted by Crippen LogP contribution is 2.47. The van der Waals surface area contributed by atoms with Crippen LogP contribution in [-0.4, -0.2) is 12.4 Å². The van der Waals surface area contributed by atoms with Crippen molar-refractivity contribution < 1.29 is 26.3 Å². The normalized spacial score (nSPS) is 14.8. The van der Waals surface area contributed by atoms with Crippen molar-refractivity contribution in [3.8, 4) is 0 Å². The van der Waals surface area contributed by atoms with Gasteiger partial charge >= 0.3 is 12.4 Å². The van der Waals surface area contributed by atoms with Crippen LogP contribution >= 0.6 is 0 Å². The molecule has 0 spiro atoms. The Morgan fingerprint density at radius 3 is 1.07 bits per heavy atom. The molecule has 250 valence electrons. The molecule has 0 aromatic heterocycles. The average molecular weight is 627 g/mol. The smallest absolute Gasteiger partial charge is 0.171 e. The molecule has 2 aromatic carbocycles. The molecule has 0 heterocycles. The Kier molecular flexibility index (Phi) is 10.1. The van der Waals surface area contributed by atoms with Gasteiger partial charge in [0, 0.05) is 0 Å². The first-order valence-electron chi connectivity index (χ1n) is 15.7. The van der Waals surface area contributed by atoms with Gasteiger partial charge in [-0.25, -0.2) is 0 Å². The van der Waals surface area contributed by atoms with Crippen LogP contribution in [0.25, 0.3) is 0 Å². The highest BCUT2D eigenvalue weighted by molar-refractivity contribution is 5.50. The van der Waals surface area contributed by atoms with Crippen molar-refractivity contribution >= 4 is 0 Å². The van der Waals surface area contributed by atoms with Crippen molar-refractivity contribution in [3.63, 3.8) is 0 Å². The summed E-state index contributed by atoms with van der Waals surface area (Å²) in [4.78, 5) is 0. The van der Waals surface area contributed by atoms with E-state index >= 15 is 0 Å². The van der Waals surface area contributed by atoms with Crippen molar-refractivity contribution in [2.45, 2.75) is 157 Å². The third kappa shape index (κ3) is 8.43. The zero-order valence-corrected chi connectivity index (χ0v) is 29.8. The van der Waals surface area contributed by atoms with Gasteiger partial charge in [0.2, 0.25) is 0 Å². The Balaban J connectivity index is 2.98. The lowest BCUT2D eigenvalue weighted by atomic mass is 9.65. The predicted octanol–water partition coefficient (Wildman–Crippen LogP) is 12.4. The van der Waals surface area contributed by atoms with Gasteiger partial charge in [0.1, 0.15) is 0 Å². The second-order valence-corrected chi connectivity index (χ2v) is 17.9. The minimum absolute atomic E-state index is 0.173. The summed E-state index contributed by atoms with van der Waals surface area (Å²) < 4.78 is 85.4. The molecule has 0 aliphatic carbocycles. The van der Waals surface area contributed by atoms with Gasteiger partial charge in [-0.15, -0.1) is 0 Å². The summed E-state index contributed by atoms with van der Waals surface area (Å²) in [6, 6.07) is 10.0. The van der Waals surface area contributed by atoms with E-state index in [-0.39, 0.29) is 23.7 Å². The van der Waals surface area contributed by atoms with Crippen LogP contribution in [0.15, 0.2) is 30.3 Å². The Morgan fingerprint density at radius 1 is 0.455 bits per heavy atom. The molecule has 0 unspecified atom stereocenters. The van der Waals surface area contributed by atoms with Crippen LogP contribution < -0.4 is 0 Å². The molecular formula is C38H56F6. The predicted molar refractivity (Wildman–Crippen MR) is 173 cm³/mol. The van der Waals surface area contributed by atoms with Crippen molar-refractivity contribution in [1.29, 1.82) is 0 Å². The number of hydrogen-bond acceptors (Lipinski definition) is 0. The number of hydrogen-bond donors (Lipinski definition) is 0. The molecule has 0 amide bonds. The molecule has 0 saturated carbocycles. The zero-order valence-electron chi connectivity index (χ0n) is 29.8. The van der Waals surface area contributed by atoms with Crippen molar-refractivity contribution in [1.82, 2.24) is 0 Å². The Morgan fingerprint density at radius 2 is 0.795 bits per heavy atom. The van der Waals surface area contributed by atoms with Crippen molar-refractivity contribution in [3.05, 3.63) is 69.3 Å². The molecule has 2 aromatic rings. The van der Waals surface area contributed by atoms with Gasteiger partial charge in [-0.2, -0.15) is 26.3 Å². The molecule has 0 bridgehead atoms. The first-order valence-corrected chi connectivity index (χ1v) is 15.7. The Hall–Kier alpha value is -1.98. The van der Waals surface area contributed by atoms with E-state index in [1.54, 1.807) is 0 Å². The summed E-state index contributed by atoms with van der Waals surface area (Å²) in [7, 11) is 0. The second-order valence-electron chi connectivity index (χ2n) is 17.9. The standard InChI is InChI=1S/C38H56F6/c1-31(2,3)27-17-16-18-28(32(4,5)6)30(27)34(10,11)21-24-19-25(22-35(12,13)37(39,40)41)29(33(7,8)9)26(20-24)23-36(14,15)38(42,43)44/h16-20H,21-23H2,1-15H3. The highest BCUT2D eigenvalue weighted by Gasteiger charge is 2.49. The maximum atomic E-state index is 14.2. The van der Waals surface area contributed by atoms with Gasteiger partial charge in [-0.3, -0.25) is 0 Å². The number of alkyl halides is 6. The van der Waals surface area contributed by atoms with Crippen LogP contribution in [0.2, 0.25) is 0 Å². The van der Waals surface area contributed by atoms with E-state index in [0.29, 0.717) is 23.1 Å². The first kappa shape index (κ1) is 38.2. The summed E-state index contributed by atoms with van der Waals surface area (Å²) in [6.07, 6.45) is -9.12. The van der Waals surface area contributed by atoms with E-state index in [2.05, 4.69) is 73.6 Å². The van der Waals surface area contributed by atoms with E-state index in [1.165, 1.54) is 44.4 Å². The van der Waals surface area contributed by atoms with Crippen LogP contribution in [-0.2, 0) is 40.9 Å². The lowest BCUT2D eigenvalue weighted by Crippen LogP contribution is -2.37. The summed E-state index contributed by atoms with van der Waals surface area (Å²) in [5.74, 6) is 0. The van der Waals surface area contributed by atoms with Crippen LogP contribution in [0.4, 0.5) is 26.3 Å². The molecule has 0 N–H and O–H groups in total. The fourth-order valence-electron chi connectivity index (χ4n) is 6.47. The minimum Gasteiger partial charge on any atom is -0.171 e. The van der Waals surface area contributed by atoms with Gasteiger partial charge in [0.15, 0.2) is 0 Å². The lowest BCUT2D eigenvalue weighted by molar-refractivity contribution is -0.211. The summed E-state index contributed by atoms with van der Waals surface area (Å²) in [6.45, 7) is 27.6. The highest BCUT2D eigenvalue weighted by atomic mass is 19.4. The molecule has 6 heteroatoms. The molecular weight excluding hydrogens is 570 g/mol. The van der Waals surface area contributed by atoms with Crippen LogP contribution in [0.5, 0.6) is 0 Å². The molecule has 44 heavy (non-hydrogen) atoms. The van der Waals surface area contributed by atoms with Gasteiger partial charge in [0.05, 0.1) is 10.8 Å². The maximum Gasteiger partial charge on any atom is 0.394 e. The molecule has 0 radical (unpaired) electrons. The average Bonchev–Trinajstić information content (AvgIpc) is 2.73. The number of halogens is 6. The van der Waals surface area contributed by atoms with E-state index in [0.717, 1.165) is 5.56 Å². The van der Waals surface area contributed by atoms with E-state index in [9.17, 15) is 26.3 Å². The second kappa shape index (κ2) is 11.7. The fraction of sp³-hybridized carbons (Fsp3) is 0.684. The van der Waals surface area contributed by atoms with Gasteiger partial charge in [-0.05, 0) is 79.9 Å². The van der Waals surface area contributed by atoms with E-state index in [4.69, 9.17) is 0 Å². The molecule has 0 atom stereocenters. The van der Waals surface area contributed by atoms with E-state index < -0.39 is 34.0 Å². The molecule has 0 aliphatic rings. The number of benzene rings is 2. The van der Waals surface area contributed by atoms with Gasteiger partial charge in [0.25, 0.3) is 0 Å². The summed E-state index contributed by atoms with van der Waals surface area (Å²) in [5.41, 5.74) is 0.261. The molecule has 0 fully saturated rings. The molecule has 0 saturated heterocycles. The van der Waals surface area contributed by atoms with Crippen molar-refractivity contribution in [2.75, 3.05) is 0 Å². The lowest BCUT2D eigenvalue weighted by Gasteiger charge is -2.39. The molecule has 0 aliphatic heterocycles. The zero-order chi connectivity index (χ0) is 34.7. The number of rotatable bonds is 7. The topological polar surface area (TPSA) is 0 Å². The van der Waals surface area contributed by atoms with Crippen molar-refractivity contribution in [2.24, 2.45) is 10.8 Å². The van der Waals surface area contributed by atoms with Gasteiger partial charge in [-0.1, -0.05) is 134 Å². The Labute approximate surface area is 263 Å². The molecule has 0 nitrogen and oxygen atoms in total. The van der Waals surface area contributed by atoms with E-state index in [1.807, 2.05) is 32.9 Å². The quantitative estimate of drug-likeness (QED) is 0.268. The van der Waals surface area contributed by atoms with Crippen LogP contribution in [0, 0.1) is 10.8 Å². The third-order valence-corrected chi connectivity index (χ3v) is 8.91. The SMILES string of the molecule is CC(C)(C)c1cccc(C(C)(C)C)c1C(C)(C)Cc1cc(CC(C)(C)C(F)(F)F)c(C(C)(C)C)c(CC(C)(C)C(F)(F)F)c1. The third-order valence-electron chi connectivity index (χ3n) is 8.91. The summed E-state index contributed by atoms with van der Waals surface area (Å²) in [5, 5.41) is 0. The Bertz CT molecular complexity index is 1230. The fourth-order valence-corrected chi connectivity index (χ4v) is 6.47. The first-order chi connectivity index (χ1) is 19.2. The minimum atomic E-state index is -4.48. The van der Waals surface area contributed by atoms with Crippen LogP contribution in [0.1, 0.15) is 143 Å². The maximum absolute atomic E-state index is 14.2.